The van der Waals surface area contributed by atoms with Crippen molar-refractivity contribution in [2.45, 2.75) is 39.5 Å². The van der Waals surface area contributed by atoms with E-state index in [1.807, 2.05) is 0 Å². The molecule has 0 aromatic carbocycles. The number of hydrogen-bond acceptors (Lipinski definition) is 6. The lowest BCUT2D eigenvalue weighted by molar-refractivity contribution is 0.335. The summed E-state index contributed by atoms with van der Waals surface area (Å²) in [6.07, 6.45) is 2.29. The van der Waals surface area contributed by atoms with Crippen LogP contribution < -0.4 is 0 Å². The topological polar surface area (TPSA) is 86.7 Å². The van der Waals surface area contributed by atoms with Crippen LogP contribution in [0.3, 0.4) is 0 Å². The highest BCUT2D eigenvalue weighted by Gasteiger charge is 2.11. The maximum atomic E-state index is 11.2. The second kappa shape index (κ2) is 8.84. The molecule has 0 N–H and O–H groups in total. The molecule has 110 valence electrons. The van der Waals surface area contributed by atoms with Gasteiger partial charge in [0.1, 0.15) is 0 Å². The summed E-state index contributed by atoms with van der Waals surface area (Å²) in [5.41, 5.74) is 0. The first kappa shape index (κ1) is 17.8. The van der Waals surface area contributed by atoms with E-state index in [4.69, 9.17) is 0 Å². The van der Waals surface area contributed by atoms with Crippen LogP contribution in [0.2, 0.25) is 0 Å². The third-order valence-corrected chi connectivity index (χ3v) is 4.90. The Kier molecular flexibility index (Phi) is 8.75. The van der Waals surface area contributed by atoms with E-state index >= 15 is 0 Å². The fraction of sp³-hybridized carbons (Fsp3) is 1.00. The molecule has 0 heterocycles. The van der Waals surface area contributed by atoms with Crippen LogP contribution in [0.1, 0.15) is 39.5 Å². The first-order valence-corrected chi connectivity index (χ1v) is 9.22. The zero-order chi connectivity index (χ0) is 14.1. The smallest absolute Gasteiger partial charge is 0.267 e. The van der Waals surface area contributed by atoms with Gasteiger partial charge in [-0.05, 0) is 26.7 Å². The average Bonchev–Trinajstić information content (AvgIpc) is 2.22. The molecule has 0 saturated heterocycles. The molecule has 0 fully saturated rings. The third-order valence-electron chi connectivity index (χ3n) is 2.13. The van der Waals surface area contributed by atoms with Crippen LogP contribution in [0.25, 0.3) is 0 Å². The van der Waals surface area contributed by atoms with Crippen molar-refractivity contribution in [3.8, 4) is 0 Å². The molecule has 0 bridgehead atoms. The predicted molar refractivity (Wildman–Crippen MR) is 69.3 cm³/mol. The third kappa shape index (κ3) is 9.81. The first-order chi connectivity index (χ1) is 8.33. The van der Waals surface area contributed by atoms with E-state index in [1.165, 1.54) is 0 Å². The second-order valence-corrected chi connectivity index (χ2v) is 7.27. The Hall–Kier alpha value is -0.180. The minimum atomic E-state index is -3.40. The maximum absolute atomic E-state index is 11.2. The Bertz CT molecular complexity index is 358. The Morgan fingerprint density at radius 1 is 0.667 bits per heavy atom. The number of hydrogen-bond donors (Lipinski definition) is 0. The van der Waals surface area contributed by atoms with Gasteiger partial charge in [0, 0.05) is 0 Å². The SMILES string of the molecule is CCOS(=O)(=O)CCCCCCS(=O)(=O)OCC. The Morgan fingerprint density at radius 3 is 1.28 bits per heavy atom. The molecule has 0 unspecified atom stereocenters. The monoisotopic (exact) mass is 302 g/mol. The number of rotatable bonds is 11. The van der Waals surface area contributed by atoms with Crippen LogP contribution in [0.15, 0.2) is 0 Å². The molecular weight excluding hydrogens is 280 g/mol. The summed E-state index contributed by atoms with van der Waals surface area (Å²) in [6.45, 7) is 3.54. The summed E-state index contributed by atoms with van der Waals surface area (Å²) in [4.78, 5) is 0. The molecule has 0 rings (SSSR count). The van der Waals surface area contributed by atoms with E-state index in [2.05, 4.69) is 8.37 Å². The van der Waals surface area contributed by atoms with Gasteiger partial charge in [-0.15, -0.1) is 0 Å². The van der Waals surface area contributed by atoms with Gasteiger partial charge in [-0.3, -0.25) is 8.37 Å². The predicted octanol–water partition coefficient (Wildman–Crippen LogP) is 1.28. The van der Waals surface area contributed by atoms with Crippen molar-refractivity contribution in [3.05, 3.63) is 0 Å². The van der Waals surface area contributed by atoms with Crippen LogP contribution >= 0.6 is 0 Å². The fourth-order valence-corrected chi connectivity index (χ4v) is 3.46. The molecule has 0 aliphatic rings. The van der Waals surface area contributed by atoms with Gasteiger partial charge in [-0.25, -0.2) is 0 Å². The lowest BCUT2D eigenvalue weighted by Crippen LogP contribution is -2.11. The molecule has 0 aromatic heterocycles. The van der Waals surface area contributed by atoms with E-state index < -0.39 is 20.2 Å². The number of unbranched alkanes of at least 4 members (excludes halogenated alkanes) is 3. The van der Waals surface area contributed by atoms with Crippen LogP contribution in [-0.4, -0.2) is 41.6 Å². The van der Waals surface area contributed by atoms with Gasteiger partial charge < -0.3 is 0 Å². The fourth-order valence-electron chi connectivity index (χ4n) is 1.39. The highest BCUT2D eigenvalue weighted by molar-refractivity contribution is 7.86. The van der Waals surface area contributed by atoms with Gasteiger partial charge in [0.15, 0.2) is 0 Å². The molecule has 6 nitrogen and oxygen atoms in total. The average molecular weight is 302 g/mol. The lowest BCUT2D eigenvalue weighted by atomic mass is 10.2. The molecular formula is C10H22O6S2. The van der Waals surface area contributed by atoms with Gasteiger partial charge in [-0.2, -0.15) is 16.8 Å². The van der Waals surface area contributed by atoms with Crippen LogP contribution in [0.5, 0.6) is 0 Å². The second-order valence-electron chi connectivity index (χ2n) is 3.75. The molecule has 0 atom stereocenters. The molecule has 0 saturated carbocycles. The highest BCUT2D eigenvalue weighted by atomic mass is 32.2. The molecule has 0 aliphatic heterocycles. The normalized spacial score (nSPS) is 12.8. The van der Waals surface area contributed by atoms with Crippen molar-refractivity contribution in [1.82, 2.24) is 0 Å². The van der Waals surface area contributed by atoms with Crippen molar-refractivity contribution in [2.24, 2.45) is 0 Å². The standard InChI is InChI=1S/C10H22O6S2/c1-3-15-17(11,12)9-7-5-6-8-10-18(13,14)16-4-2/h3-10H2,1-2H3. The van der Waals surface area contributed by atoms with Crippen molar-refractivity contribution >= 4 is 20.2 Å². The Morgan fingerprint density at radius 2 is 1.00 bits per heavy atom. The van der Waals surface area contributed by atoms with Crippen LogP contribution in [0.4, 0.5) is 0 Å². The zero-order valence-electron chi connectivity index (χ0n) is 10.9. The molecule has 0 aliphatic carbocycles. The summed E-state index contributed by atoms with van der Waals surface area (Å²) in [5.74, 6) is -0.0297. The maximum Gasteiger partial charge on any atom is 0.267 e. The van der Waals surface area contributed by atoms with E-state index in [1.54, 1.807) is 13.8 Å². The minimum Gasteiger partial charge on any atom is -0.270 e. The molecule has 0 amide bonds. The van der Waals surface area contributed by atoms with Crippen molar-refractivity contribution in [2.75, 3.05) is 24.7 Å². The van der Waals surface area contributed by atoms with E-state index in [0.717, 1.165) is 0 Å². The van der Waals surface area contributed by atoms with E-state index in [-0.39, 0.29) is 24.7 Å². The summed E-state index contributed by atoms with van der Waals surface area (Å²) in [7, 11) is -6.80. The quantitative estimate of drug-likeness (QED) is 0.422. The largest absolute Gasteiger partial charge is 0.270 e. The van der Waals surface area contributed by atoms with Crippen molar-refractivity contribution < 1.29 is 25.2 Å². The highest BCUT2D eigenvalue weighted by Crippen LogP contribution is 2.06. The van der Waals surface area contributed by atoms with E-state index in [9.17, 15) is 16.8 Å². The van der Waals surface area contributed by atoms with Gasteiger partial charge in [0.05, 0.1) is 24.7 Å². The molecule has 8 heteroatoms. The summed E-state index contributed by atoms with van der Waals surface area (Å²) >= 11 is 0. The molecule has 18 heavy (non-hydrogen) atoms. The van der Waals surface area contributed by atoms with Gasteiger partial charge in [-0.1, -0.05) is 12.8 Å². The first-order valence-electron chi connectivity index (χ1n) is 6.07. The van der Waals surface area contributed by atoms with E-state index in [0.29, 0.717) is 25.7 Å². The summed E-state index contributed by atoms with van der Waals surface area (Å²) < 4.78 is 53.8. The summed E-state index contributed by atoms with van der Waals surface area (Å²) in [5, 5.41) is 0. The zero-order valence-corrected chi connectivity index (χ0v) is 12.6. The van der Waals surface area contributed by atoms with Gasteiger partial charge in [0.2, 0.25) is 0 Å². The minimum absolute atomic E-state index is 0.0148. The van der Waals surface area contributed by atoms with Crippen LogP contribution in [0, 0.1) is 0 Å². The Labute approximate surface area is 110 Å². The van der Waals surface area contributed by atoms with Crippen molar-refractivity contribution in [1.29, 1.82) is 0 Å². The van der Waals surface area contributed by atoms with Crippen molar-refractivity contribution in [3.63, 3.8) is 0 Å². The lowest BCUT2D eigenvalue weighted by Gasteiger charge is -2.04. The van der Waals surface area contributed by atoms with Gasteiger partial charge >= 0.3 is 0 Å². The summed E-state index contributed by atoms with van der Waals surface area (Å²) in [6, 6.07) is 0. The Balaban J connectivity index is 3.64. The molecule has 0 aromatic rings. The molecule has 0 radical (unpaired) electrons. The molecule has 0 spiro atoms. The van der Waals surface area contributed by atoms with Gasteiger partial charge in [0.25, 0.3) is 20.2 Å². The van der Waals surface area contributed by atoms with Crippen LogP contribution in [-0.2, 0) is 28.6 Å².